The van der Waals surface area contributed by atoms with Gasteiger partial charge in [-0.1, -0.05) is 12.1 Å². The quantitative estimate of drug-likeness (QED) is 0.677. The van der Waals surface area contributed by atoms with Gasteiger partial charge in [0.1, 0.15) is 5.82 Å². The molecular weight excluding hydrogens is 353 g/mol. The number of anilines is 2. The van der Waals surface area contributed by atoms with Crippen LogP contribution in [-0.4, -0.2) is 31.4 Å². The van der Waals surface area contributed by atoms with Gasteiger partial charge in [0.15, 0.2) is 0 Å². The Labute approximate surface area is 155 Å². The molecule has 0 aliphatic heterocycles. The number of rotatable bonds is 6. The van der Waals surface area contributed by atoms with Crippen molar-refractivity contribution in [3.8, 4) is 0 Å². The third-order valence-corrected chi connectivity index (χ3v) is 3.62. The van der Waals surface area contributed by atoms with Crippen LogP contribution in [0.15, 0.2) is 48.5 Å². The first-order valence-corrected chi connectivity index (χ1v) is 8.14. The largest absolute Gasteiger partial charge is 0.375 e. The van der Waals surface area contributed by atoms with Gasteiger partial charge in [0.25, 0.3) is 0 Å². The molecule has 0 heterocycles. The molecule has 0 aliphatic rings. The lowest BCUT2D eigenvalue weighted by Gasteiger charge is -2.16. The predicted octanol–water partition coefficient (Wildman–Crippen LogP) is 2.23. The molecule has 0 spiro atoms. The molecule has 142 valence electrons. The monoisotopic (exact) mass is 373 g/mol. The van der Waals surface area contributed by atoms with Crippen LogP contribution in [0.3, 0.4) is 0 Å². The average molecular weight is 373 g/mol. The van der Waals surface area contributed by atoms with Crippen molar-refractivity contribution in [2.45, 2.75) is 13.0 Å². The number of nitrogens with one attached hydrogen (secondary N) is 3. The molecule has 1 atom stereocenters. The summed E-state index contributed by atoms with van der Waals surface area (Å²) in [4.78, 5) is 34.9. The molecule has 2 rings (SSSR count). The van der Waals surface area contributed by atoms with Crippen molar-refractivity contribution in [2.75, 3.05) is 24.3 Å². The summed E-state index contributed by atoms with van der Waals surface area (Å²) in [5.74, 6) is -2.32. The number of carbonyl (C=O) groups excluding carboxylic acids is 3. The van der Waals surface area contributed by atoms with Crippen LogP contribution in [0.5, 0.6) is 0 Å². The Hall–Kier alpha value is -3.26. The average Bonchev–Trinajstić information content (AvgIpc) is 2.63. The summed E-state index contributed by atoms with van der Waals surface area (Å²) >= 11 is 0. The van der Waals surface area contributed by atoms with Crippen molar-refractivity contribution in [2.24, 2.45) is 0 Å². The van der Waals surface area contributed by atoms with E-state index in [9.17, 15) is 18.8 Å². The number of halogens is 1. The van der Waals surface area contributed by atoms with E-state index in [-0.39, 0.29) is 12.5 Å². The van der Waals surface area contributed by atoms with Crippen LogP contribution in [0.2, 0.25) is 0 Å². The molecule has 27 heavy (non-hydrogen) atoms. The number of hydrogen-bond donors (Lipinski definition) is 3. The van der Waals surface area contributed by atoms with Gasteiger partial charge >= 0.3 is 11.8 Å². The minimum Gasteiger partial charge on any atom is -0.375 e. The second-order valence-electron chi connectivity index (χ2n) is 5.70. The summed E-state index contributed by atoms with van der Waals surface area (Å²) < 4.78 is 18.5. The molecule has 0 aromatic heterocycles. The molecule has 8 heteroatoms. The predicted molar refractivity (Wildman–Crippen MR) is 98.5 cm³/mol. The second kappa shape index (κ2) is 9.44. The van der Waals surface area contributed by atoms with Crippen LogP contribution in [0, 0.1) is 5.82 Å². The minimum absolute atomic E-state index is 0.00762. The molecule has 0 bridgehead atoms. The maximum Gasteiger partial charge on any atom is 0.313 e. The van der Waals surface area contributed by atoms with E-state index in [2.05, 4.69) is 16.0 Å². The fourth-order valence-electron chi connectivity index (χ4n) is 2.34. The molecule has 1 unspecified atom stereocenters. The lowest BCUT2D eigenvalue weighted by atomic mass is 10.1. The fraction of sp³-hybridized carbons (Fsp3) is 0.211. The zero-order valence-corrected chi connectivity index (χ0v) is 14.9. The molecule has 0 aliphatic carbocycles. The highest BCUT2D eigenvalue weighted by atomic mass is 19.1. The molecule has 0 fully saturated rings. The first-order chi connectivity index (χ1) is 12.9. The number of ether oxygens (including phenoxy) is 1. The zero-order valence-electron chi connectivity index (χ0n) is 14.9. The highest BCUT2D eigenvalue weighted by Crippen LogP contribution is 2.17. The number of carbonyl (C=O) groups is 3. The Morgan fingerprint density at radius 1 is 1.00 bits per heavy atom. The van der Waals surface area contributed by atoms with Crippen LogP contribution in [0.25, 0.3) is 0 Å². The van der Waals surface area contributed by atoms with Crippen molar-refractivity contribution in [1.29, 1.82) is 0 Å². The van der Waals surface area contributed by atoms with Crippen molar-refractivity contribution < 1.29 is 23.5 Å². The number of amides is 3. The van der Waals surface area contributed by atoms with Gasteiger partial charge in [-0.3, -0.25) is 14.4 Å². The van der Waals surface area contributed by atoms with E-state index >= 15 is 0 Å². The van der Waals surface area contributed by atoms with Gasteiger partial charge in [-0.2, -0.15) is 0 Å². The molecule has 2 aromatic carbocycles. The molecule has 0 saturated carbocycles. The highest BCUT2D eigenvalue weighted by Gasteiger charge is 2.17. The van der Waals surface area contributed by atoms with Crippen LogP contribution >= 0.6 is 0 Å². The smallest absolute Gasteiger partial charge is 0.313 e. The molecule has 7 nitrogen and oxygen atoms in total. The summed E-state index contributed by atoms with van der Waals surface area (Å²) in [7, 11) is 1.43. The van der Waals surface area contributed by atoms with Gasteiger partial charge in [-0.05, 0) is 42.0 Å². The van der Waals surface area contributed by atoms with E-state index in [1.807, 2.05) is 0 Å². The molecule has 0 saturated heterocycles. The summed E-state index contributed by atoms with van der Waals surface area (Å²) in [5, 5.41) is 7.50. The van der Waals surface area contributed by atoms with Gasteiger partial charge in [-0.15, -0.1) is 0 Å². The Morgan fingerprint density at radius 3 is 2.19 bits per heavy atom. The minimum atomic E-state index is -0.851. The molecule has 2 aromatic rings. The van der Waals surface area contributed by atoms with E-state index in [0.717, 1.165) is 0 Å². The summed E-state index contributed by atoms with van der Waals surface area (Å²) in [5.41, 5.74) is 1.52. The normalized spacial score (nSPS) is 11.4. The third kappa shape index (κ3) is 6.19. The van der Waals surface area contributed by atoms with Gasteiger partial charge in [0, 0.05) is 32.0 Å². The van der Waals surface area contributed by atoms with E-state index in [0.29, 0.717) is 16.9 Å². The molecule has 0 radical (unpaired) electrons. The lowest BCUT2D eigenvalue weighted by Crippen LogP contribution is -2.38. The van der Waals surface area contributed by atoms with Gasteiger partial charge in [0.05, 0.1) is 6.10 Å². The highest BCUT2D eigenvalue weighted by molar-refractivity contribution is 6.39. The Morgan fingerprint density at radius 2 is 1.63 bits per heavy atom. The molecule has 3 amide bonds. The van der Waals surface area contributed by atoms with Gasteiger partial charge < -0.3 is 20.7 Å². The van der Waals surface area contributed by atoms with Gasteiger partial charge in [-0.25, -0.2) is 4.39 Å². The van der Waals surface area contributed by atoms with Crippen LogP contribution in [-0.2, 0) is 19.1 Å². The fourth-order valence-corrected chi connectivity index (χ4v) is 2.34. The first-order valence-electron chi connectivity index (χ1n) is 8.14. The maximum absolute atomic E-state index is 13.3. The Kier molecular flexibility index (Phi) is 7.01. The van der Waals surface area contributed by atoms with Crippen LogP contribution in [0.1, 0.15) is 18.6 Å². The summed E-state index contributed by atoms with van der Waals surface area (Å²) in [6, 6.07) is 12.1. The number of benzene rings is 2. The molecular formula is C19H20FN3O4. The number of methoxy groups -OCH3 is 1. The summed E-state index contributed by atoms with van der Waals surface area (Å²) in [6.07, 6.45) is -0.589. The van der Waals surface area contributed by atoms with E-state index in [4.69, 9.17) is 4.74 Å². The Balaban J connectivity index is 1.89. The van der Waals surface area contributed by atoms with E-state index < -0.39 is 23.7 Å². The van der Waals surface area contributed by atoms with Crippen molar-refractivity contribution in [3.63, 3.8) is 0 Å². The van der Waals surface area contributed by atoms with Crippen LogP contribution < -0.4 is 16.0 Å². The van der Waals surface area contributed by atoms with Crippen molar-refractivity contribution in [1.82, 2.24) is 5.32 Å². The maximum atomic E-state index is 13.3. The zero-order chi connectivity index (χ0) is 19.8. The second-order valence-corrected chi connectivity index (χ2v) is 5.70. The van der Waals surface area contributed by atoms with E-state index in [1.54, 1.807) is 30.3 Å². The SMILES string of the molecule is COC(CNC(=O)C(=O)Nc1ccc(NC(C)=O)cc1)c1cccc(F)c1. The Bertz CT molecular complexity index is 824. The van der Waals surface area contributed by atoms with Gasteiger partial charge in [0.2, 0.25) is 5.91 Å². The molecule has 3 N–H and O–H groups in total. The third-order valence-electron chi connectivity index (χ3n) is 3.62. The van der Waals surface area contributed by atoms with Crippen molar-refractivity contribution in [3.05, 3.63) is 59.9 Å². The van der Waals surface area contributed by atoms with Crippen molar-refractivity contribution >= 4 is 29.1 Å². The summed E-state index contributed by atoms with van der Waals surface area (Å²) in [6.45, 7) is 1.39. The number of hydrogen-bond acceptors (Lipinski definition) is 4. The first kappa shape index (κ1) is 20.1. The topological polar surface area (TPSA) is 96.5 Å². The standard InChI is InChI=1S/C19H20FN3O4/c1-12(24)22-15-6-8-16(9-7-15)23-19(26)18(25)21-11-17(27-2)13-4-3-5-14(20)10-13/h3-10,17H,11H2,1-2H3,(H,21,25)(H,22,24)(H,23,26). The lowest BCUT2D eigenvalue weighted by molar-refractivity contribution is -0.136. The van der Waals surface area contributed by atoms with E-state index in [1.165, 1.54) is 32.2 Å². The van der Waals surface area contributed by atoms with Crippen LogP contribution in [0.4, 0.5) is 15.8 Å².